The van der Waals surface area contributed by atoms with Crippen LogP contribution < -0.4 is 5.32 Å². The zero-order chi connectivity index (χ0) is 21.3. The standard InChI is InChI=1S/C16H18BrF3N6O3/c1-9-14(17)15(26(28)29)23-25(9)8-13(27)21-5-2-6-24-11(10-3-4-10)7-12(22-24)16(18,19)20/h7,10H,2-6,8H2,1H3,(H,21,27). The normalized spacial score (nSPS) is 14.2. The summed E-state index contributed by atoms with van der Waals surface area (Å²) in [6.45, 7) is 1.87. The van der Waals surface area contributed by atoms with E-state index in [-0.39, 0.29) is 35.8 Å². The maximum atomic E-state index is 12.9. The van der Waals surface area contributed by atoms with Gasteiger partial charge in [-0.3, -0.25) is 9.48 Å². The van der Waals surface area contributed by atoms with Crippen molar-refractivity contribution >= 4 is 27.7 Å². The molecular weight excluding hydrogens is 461 g/mol. The smallest absolute Gasteiger partial charge is 0.358 e. The van der Waals surface area contributed by atoms with E-state index in [1.807, 2.05) is 0 Å². The SMILES string of the molecule is Cc1c(Br)c([N+](=O)[O-])nn1CC(=O)NCCCn1nc(C(F)(F)F)cc1C1CC1. The van der Waals surface area contributed by atoms with Gasteiger partial charge in [0.2, 0.25) is 5.91 Å². The topological polar surface area (TPSA) is 108 Å². The number of aromatic nitrogens is 4. The van der Waals surface area contributed by atoms with Gasteiger partial charge in [0.1, 0.15) is 11.0 Å². The van der Waals surface area contributed by atoms with Crippen LogP contribution in [0.3, 0.4) is 0 Å². The molecule has 1 saturated carbocycles. The molecule has 0 aliphatic heterocycles. The minimum absolute atomic E-state index is 0.116. The van der Waals surface area contributed by atoms with Gasteiger partial charge in [-0.2, -0.15) is 23.0 Å². The molecule has 0 radical (unpaired) electrons. The molecule has 1 aliphatic rings. The molecule has 9 nitrogen and oxygen atoms in total. The molecule has 29 heavy (non-hydrogen) atoms. The third kappa shape index (κ3) is 4.95. The highest BCUT2D eigenvalue weighted by molar-refractivity contribution is 9.10. The van der Waals surface area contributed by atoms with E-state index in [4.69, 9.17) is 0 Å². The van der Waals surface area contributed by atoms with Gasteiger partial charge in [-0.1, -0.05) is 0 Å². The average molecular weight is 479 g/mol. The Balaban J connectivity index is 1.52. The molecule has 0 saturated heterocycles. The van der Waals surface area contributed by atoms with E-state index in [0.29, 0.717) is 17.8 Å². The number of nitro groups is 1. The fourth-order valence-corrected chi connectivity index (χ4v) is 3.31. The van der Waals surface area contributed by atoms with E-state index in [2.05, 4.69) is 31.4 Å². The van der Waals surface area contributed by atoms with Crippen LogP contribution in [0.25, 0.3) is 0 Å². The Hall–Kier alpha value is -2.44. The Bertz CT molecular complexity index is 935. The van der Waals surface area contributed by atoms with Crippen molar-refractivity contribution in [1.82, 2.24) is 24.9 Å². The predicted molar refractivity (Wildman–Crippen MR) is 98.1 cm³/mol. The molecule has 158 valence electrons. The molecule has 1 N–H and O–H groups in total. The number of nitrogens with zero attached hydrogens (tertiary/aromatic N) is 5. The van der Waals surface area contributed by atoms with Gasteiger partial charge in [-0.25, -0.2) is 0 Å². The van der Waals surface area contributed by atoms with Crippen LogP contribution in [0.4, 0.5) is 19.0 Å². The first-order valence-corrected chi connectivity index (χ1v) is 9.66. The summed E-state index contributed by atoms with van der Waals surface area (Å²) in [7, 11) is 0. The van der Waals surface area contributed by atoms with Gasteiger partial charge in [0.15, 0.2) is 5.69 Å². The van der Waals surface area contributed by atoms with E-state index in [9.17, 15) is 28.1 Å². The molecule has 0 spiro atoms. The van der Waals surface area contributed by atoms with Gasteiger partial charge in [-0.05, 0) is 53.1 Å². The van der Waals surface area contributed by atoms with E-state index in [0.717, 1.165) is 18.9 Å². The molecule has 2 heterocycles. The van der Waals surface area contributed by atoms with Crippen molar-refractivity contribution in [1.29, 1.82) is 0 Å². The summed E-state index contributed by atoms with van der Waals surface area (Å²) in [6.07, 6.45) is -2.39. The van der Waals surface area contributed by atoms with Crippen LogP contribution in [0, 0.1) is 17.0 Å². The second-order valence-electron chi connectivity index (χ2n) is 6.79. The minimum atomic E-state index is -4.48. The van der Waals surface area contributed by atoms with Gasteiger partial charge in [0.05, 0.1) is 10.8 Å². The zero-order valence-electron chi connectivity index (χ0n) is 15.4. The molecule has 1 aliphatic carbocycles. The maximum Gasteiger partial charge on any atom is 0.435 e. The largest absolute Gasteiger partial charge is 0.435 e. The number of hydrogen-bond acceptors (Lipinski definition) is 5. The van der Waals surface area contributed by atoms with Crippen molar-refractivity contribution < 1.29 is 22.9 Å². The Morgan fingerprint density at radius 3 is 2.62 bits per heavy atom. The monoisotopic (exact) mass is 478 g/mol. The molecule has 0 atom stereocenters. The minimum Gasteiger partial charge on any atom is -0.358 e. The zero-order valence-corrected chi connectivity index (χ0v) is 17.0. The van der Waals surface area contributed by atoms with Crippen LogP contribution >= 0.6 is 15.9 Å². The van der Waals surface area contributed by atoms with Crippen LogP contribution in [0.1, 0.15) is 42.3 Å². The number of halogens is 4. The lowest BCUT2D eigenvalue weighted by atomic mass is 10.2. The number of hydrogen-bond donors (Lipinski definition) is 1. The summed E-state index contributed by atoms with van der Waals surface area (Å²) in [4.78, 5) is 22.3. The number of carbonyl (C=O) groups excluding carboxylic acids is 1. The molecule has 0 bridgehead atoms. The van der Waals surface area contributed by atoms with E-state index in [1.165, 1.54) is 9.36 Å². The molecule has 3 rings (SSSR count). The fourth-order valence-electron chi connectivity index (χ4n) is 2.88. The third-order valence-corrected chi connectivity index (χ3v) is 5.48. The number of alkyl halides is 3. The predicted octanol–water partition coefficient (Wildman–Crippen LogP) is 3.16. The molecule has 0 aromatic carbocycles. The number of aryl methyl sites for hydroxylation is 1. The van der Waals surface area contributed by atoms with E-state index in [1.54, 1.807) is 6.92 Å². The summed E-state index contributed by atoms with van der Waals surface area (Å²) >= 11 is 3.07. The second kappa shape index (κ2) is 8.13. The first-order chi connectivity index (χ1) is 13.6. The second-order valence-corrected chi connectivity index (χ2v) is 7.58. The van der Waals surface area contributed by atoms with Crippen LogP contribution in [0.2, 0.25) is 0 Å². The molecular formula is C16H18BrF3N6O3. The quantitative estimate of drug-likeness (QED) is 0.356. The van der Waals surface area contributed by atoms with Crippen molar-refractivity contribution in [2.45, 2.75) is 51.4 Å². The molecule has 2 aromatic rings. The summed E-state index contributed by atoms with van der Waals surface area (Å²) in [5.74, 6) is -0.663. The number of carbonyl (C=O) groups is 1. The average Bonchev–Trinajstić information content (AvgIpc) is 3.32. The molecule has 13 heteroatoms. The van der Waals surface area contributed by atoms with Crippen LogP contribution in [-0.4, -0.2) is 36.9 Å². The van der Waals surface area contributed by atoms with Crippen molar-refractivity contribution in [3.8, 4) is 0 Å². The fraction of sp³-hybridized carbons (Fsp3) is 0.562. The van der Waals surface area contributed by atoms with Gasteiger partial charge < -0.3 is 15.4 Å². The number of nitrogens with one attached hydrogen (secondary N) is 1. The molecule has 1 amide bonds. The number of rotatable bonds is 8. The highest BCUT2D eigenvalue weighted by Gasteiger charge is 2.37. The van der Waals surface area contributed by atoms with Gasteiger partial charge in [-0.15, -0.1) is 0 Å². The first-order valence-electron chi connectivity index (χ1n) is 8.87. The lowest BCUT2D eigenvalue weighted by Gasteiger charge is -2.08. The number of amides is 1. The highest BCUT2D eigenvalue weighted by Crippen LogP contribution is 2.42. The summed E-state index contributed by atoms with van der Waals surface area (Å²) < 4.78 is 41.5. The first kappa shape index (κ1) is 21.3. The Kier molecular flexibility index (Phi) is 5.96. The van der Waals surface area contributed by atoms with Gasteiger partial charge in [0, 0.05) is 24.7 Å². The van der Waals surface area contributed by atoms with Gasteiger partial charge in [0.25, 0.3) is 0 Å². The van der Waals surface area contributed by atoms with Crippen molar-refractivity contribution in [2.24, 2.45) is 0 Å². The highest BCUT2D eigenvalue weighted by atomic mass is 79.9. The Morgan fingerprint density at radius 2 is 2.07 bits per heavy atom. The van der Waals surface area contributed by atoms with E-state index < -0.39 is 22.7 Å². The summed E-state index contributed by atoms with van der Waals surface area (Å²) in [5, 5.41) is 21.0. The van der Waals surface area contributed by atoms with Crippen molar-refractivity contribution in [2.75, 3.05) is 6.54 Å². The summed E-state index contributed by atoms with van der Waals surface area (Å²) in [6, 6.07) is 1.10. The molecule has 2 aromatic heterocycles. The van der Waals surface area contributed by atoms with Crippen molar-refractivity contribution in [3.05, 3.63) is 37.7 Å². The third-order valence-electron chi connectivity index (χ3n) is 4.55. The van der Waals surface area contributed by atoms with Crippen molar-refractivity contribution in [3.63, 3.8) is 0 Å². The van der Waals surface area contributed by atoms with E-state index >= 15 is 0 Å². The maximum absolute atomic E-state index is 12.9. The van der Waals surface area contributed by atoms with Gasteiger partial charge >= 0.3 is 12.0 Å². The lowest BCUT2D eigenvalue weighted by molar-refractivity contribution is -0.390. The van der Waals surface area contributed by atoms with Crippen LogP contribution in [-0.2, 0) is 24.1 Å². The summed E-state index contributed by atoms with van der Waals surface area (Å²) in [5.41, 5.74) is 0.120. The molecule has 1 fully saturated rings. The Morgan fingerprint density at radius 1 is 1.38 bits per heavy atom. The van der Waals surface area contributed by atoms with Crippen LogP contribution in [0.15, 0.2) is 10.5 Å². The lowest BCUT2D eigenvalue weighted by Crippen LogP contribution is -2.29. The van der Waals surface area contributed by atoms with Crippen LogP contribution in [0.5, 0.6) is 0 Å². The molecule has 0 unspecified atom stereocenters. The Labute approximate surface area is 171 Å².